The van der Waals surface area contributed by atoms with Crippen LogP contribution in [0.4, 0.5) is 0 Å². The highest BCUT2D eigenvalue weighted by molar-refractivity contribution is 5.87. The van der Waals surface area contributed by atoms with Crippen LogP contribution in [0, 0.1) is 23.7 Å². The largest absolute Gasteiger partial charge is 0.481 e. The Labute approximate surface area is 162 Å². The van der Waals surface area contributed by atoms with Crippen molar-refractivity contribution in [2.45, 2.75) is 59.4 Å². The molecular formula is C23H31NO3. The molecule has 27 heavy (non-hydrogen) atoms. The summed E-state index contributed by atoms with van der Waals surface area (Å²) in [5.41, 5.74) is 4.76. The van der Waals surface area contributed by atoms with Crippen LogP contribution in [-0.4, -0.2) is 17.0 Å². The number of hydrogen-bond donors (Lipinski definition) is 2. The molecule has 1 aromatic rings. The van der Waals surface area contributed by atoms with Crippen LogP contribution >= 0.6 is 0 Å². The third-order valence-corrected chi connectivity index (χ3v) is 6.38. The molecule has 4 nitrogen and oxygen atoms in total. The minimum Gasteiger partial charge on any atom is -0.481 e. The zero-order valence-corrected chi connectivity index (χ0v) is 16.8. The molecule has 2 aliphatic rings. The van der Waals surface area contributed by atoms with Gasteiger partial charge >= 0.3 is 5.97 Å². The van der Waals surface area contributed by atoms with Gasteiger partial charge in [0.25, 0.3) is 0 Å². The van der Waals surface area contributed by atoms with Crippen LogP contribution in [0.1, 0.15) is 64.1 Å². The van der Waals surface area contributed by atoms with Crippen LogP contribution in [0.15, 0.2) is 35.4 Å². The number of hydrogen-bond acceptors (Lipinski definition) is 2. The fraction of sp³-hybridized carbons (Fsp3) is 0.565. The second-order valence-electron chi connectivity index (χ2n) is 8.36. The Balaban J connectivity index is 1.76. The molecule has 0 aromatic heterocycles. The SMILES string of the molecule is CCCc1ccc([C@H](C)NC(=O)[C@H]2[C@H](C(=O)O)[C@H]3CC[C@H]2C3=C(C)C)cc1. The fourth-order valence-electron chi connectivity index (χ4n) is 5.26. The lowest BCUT2D eigenvalue weighted by atomic mass is 9.78. The molecule has 1 aromatic carbocycles. The first-order valence-electron chi connectivity index (χ1n) is 10.1. The van der Waals surface area contributed by atoms with Crippen molar-refractivity contribution >= 4 is 11.9 Å². The Morgan fingerprint density at radius 2 is 1.70 bits per heavy atom. The number of rotatable bonds is 6. The average molecular weight is 370 g/mol. The smallest absolute Gasteiger partial charge is 0.307 e. The van der Waals surface area contributed by atoms with Gasteiger partial charge in [0.1, 0.15) is 0 Å². The van der Waals surface area contributed by atoms with Crippen molar-refractivity contribution < 1.29 is 14.7 Å². The second-order valence-corrected chi connectivity index (χ2v) is 8.36. The van der Waals surface area contributed by atoms with Crippen molar-refractivity contribution in [3.8, 4) is 0 Å². The van der Waals surface area contributed by atoms with Gasteiger partial charge < -0.3 is 10.4 Å². The topological polar surface area (TPSA) is 66.4 Å². The van der Waals surface area contributed by atoms with Gasteiger partial charge in [0.2, 0.25) is 5.91 Å². The summed E-state index contributed by atoms with van der Waals surface area (Å²) in [4.78, 5) is 25.0. The highest BCUT2D eigenvalue weighted by atomic mass is 16.4. The van der Waals surface area contributed by atoms with E-state index in [9.17, 15) is 14.7 Å². The second kappa shape index (κ2) is 7.87. The monoisotopic (exact) mass is 369 g/mol. The molecule has 0 saturated heterocycles. The Morgan fingerprint density at radius 1 is 1.11 bits per heavy atom. The van der Waals surface area contributed by atoms with E-state index in [4.69, 9.17) is 0 Å². The number of nitrogens with one attached hydrogen (secondary N) is 1. The van der Waals surface area contributed by atoms with Gasteiger partial charge in [-0.25, -0.2) is 0 Å². The average Bonchev–Trinajstić information content (AvgIpc) is 3.18. The van der Waals surface area contributed by atoms with E-state index in [-0.39, 0.29) is 23.8 Å². The van der Waals surface area contributed by atoms with E-state index in [0.717, 1.165) is 31.2 Å². The maximum atomic E-state index is 13.1. The summed E-state index contributed by atoms with van der Waals surface area (Å²) in [5.74, 6) is -1.88. The van der Waals surface area contributed by atoms with Crippen LogP contribution in [-0.2, 0) is 16.0 Å². The maximum Gasteiger partial charge on any atom is 0.307 e. The number of carboxylic acids is 1. The molecule has 2 fully saturated rings. The highest BCUT2D eigenvalue weighted by Crippen LogP contribution is 2.57. The van der Waals surface area contributed by atoms with Crippen LogP contribution in [0.5, 0.6) is 0 Å². The summed E-state index contributed by atoms with van der Waals surface area (Å²) in [5, 5.41) is 12.9. The first-order valence-corrected chi connectivity index (χ1v) is 10.1. The van der Waals surface area contributed by atoms with E-state index >= 15 is 0 Å². The summed E-state index contributed by atoms with van der Waals surface area (Å²) >= 11 is 0. The molecule has 2 N–H and O–H groups in total. The number of aliphatic carboxylic acids is 1. The number of carbonyl (C=O) groups is 2. The number of carbonyl (C=O) groups excluding carboxylic acids is 1. The minimum absolute atomic E-state index is 0.0249. The van der Waals surface area contributed by atoms with Crippen molar-refractivity contribution in [1.29, 1.82) is 0 Å². The maximum absolute atomic E-state index is 13.1. The molecule has 3 rings (SSSR count). The zero-order valence-electron chi connectivity index (χ0n) is 16.8. The van der Waals surface area contributed by atoms with Crippen molar-refractivity contribution in [1.82, 2.24) is 5.32 Å². The quantitative estimate of drug-likeness (QED) is 0.725. The predicted octanol–water partition coefficient (Wildman–Crippen LogP) is 4.51. The van der Waals surface area contributed by atoms with Crippen LogP contribution in [0.3, 0.4) is 0 Å². The molecule has 4 heteroatoms. The molecule has 0 unspecified atom stereocenters. The van der Waals surface area contributed by atoms with Gasteiger partial charge in [-0.05, 0) is 63.0 Å². The Kier molecular flexibility index (Phi) is 5.73. The third kappa shape index (κ3) is 3.67. The predicted molar refractivity (Wildman–Crippen MR) is 106 cm³/mol. The fourth-order valence-corrected chi connectivity index (χ4v) is 5.26. The Morgan fingerprint density at radius 3 is 2.22 bits per heavy atom. The van der Waals surface area contributed by atoms with Crippen LogP contribution in [0.2, 0.25) is 0 Å². The van der Waals surface area contributed by atoms with Crippen molar-refractivity contribution in [3.63, 3.8) is 0 Å². The van der Waals surface area contributed by atoms with Crippen molar-refractivity contribution in [2.24, 2.45) is 23.7 Å². The van der Waals surface area contributed by atoms with Gasteiger partial charge in [-0.1, -0.05) is 48.8 Å². The molecule has 2 bridgehead atoms. The third-order valence-electron chi connectivity index (χ3n) is 6.38. The molecule has 1 amide bonds. The summed E-state index contributed by atoms with van der Waals surface area (Å²) in [6.45, 7) is 8.21. The first kappa shape index (κ1) is 19.7. The summed E-state index contributed by atoms with van der Waals surface area (Å²) < 4.78 is 0. The molecule has 146 valence electrons. The Hall–Kier alpha value is -2.10. The van der Waals surface area contributed by atoms with Crippen molar-refractivity contribution in [3.05, 3.63) is 46.5 Å². The lowest BCUT2D eigenvalue weighted by Gasteiger charge is -2.28. The lowest BCUT2D eigenvalue weighted by molar-refractivity contribution is -0.149. The van der Waals surface area contributed by atoms with Crippen LogP contribution in [0.25, 0.3) is 0 Å². The molecule has 0 heterocycles. The summed E-state index contributed by atoms with van der Waals surface area (Å²) in [7, 11) is 0. The standard InChI is InChI=1S/C23H31NO3/c1-5-6-15-7-9-16(10-8-15)14(4)24-22(25)20-17-11-12-18(19(17)13(2)3)21(20)23(26)27/h7-10,14,17-18,20-21H,5-6,11-12H2,1-4H3,(H,24,25)(H,26,27)/t14-,17-,18-,20+,21+/m0/s1. The highest BCUT2D eigenvalue weighted by Gasteiger charge is 2.57. The first-order chi connectivity index (χ1) is 12.8. The zero-order chi connectivity index (χ0) is 19.7. The molecule has 5 atom stereocenters. The lowest BCUT2D eigenvalue weighted by Crippen LogP contribution is -2.42. The molecular weight excluding hydrogens is 338 g/mol. The number of benzene rings is 1. The van der Waals surface area contributed by atoms with E-state index in [1.807, 2.05) is 20.8 Å². The van der Waals surface area contributed by atoms with E-state index in [2.05, 4.69) is 36.5 Å². The van der Waals surface area contributed by atoms with Gasteiger partial charge in [0, 0.05) is 0 Å². The summed E-state index contributed by atoms with van der Waals surface area (Å²) in [6, 6.07) is 8.22. The minimum atomic E-state index is -0.835. The van der Waals surface area contributed by atoms with E-state index in [1.165, 1.54) is 16.7 Å². The molecule has 0 radical (unpaired) electrons. The number of amides is 1. The van der Waals surface area contributed by atoms with E-state index in [0.29, 0.717) is 0 Å². The molecule has 2 aliphatic carbocycles. The van der Waals surface area contributed by atoms with Gasteiger partial charge in [0.05, 0.1) is 17.9 Å². The van der Waals surface area contributed by atoms with Crippen molar-refractivity contribution in [2.75, 3.05) is 0 Å². The Bertz CT molecular complexity index is 745. The van der Waals surface area contributed by atoms with Gasteiger partial charge in [0.15, 0.2) is 0 Å². The van der Waals surface area contributed by atoms with Crippen LogP contribution < -0.4 is 5.32 Å². The van der Waals surface area contributed by atoms with E-state index < -0.39 is 17.8 Å². The number of aryl methyl sites for hydroxylation is 1. The van der Waals surface area contributed by atoms with Gasteiger partial charge in [-0.15, -0.1) is 0 Å². The number of carboxylic acid groups (broad SMARTS) is 1. The number of allylic oxidation sites excluding steroid dienone is 2. The number of fused-ring (bicyclic) bond motifs is 2. The molecule has 0 spiro atoms. The molecule has 2 saturated carbocycles. The normalized spacial score (nSPS) is 27.5. The summed E-state index contributed by atoms with van der Waals surface area (Å²) in [6.07, 6.45) is 3.98. The molecule has 0 aliphatic heterocycles. The van der Waals surface area contributed by atoms with Gasteiger partial charge in [-0.2, -0.15) is 0 Å². The van der Waals surface area contributed by atoms with Gasteiger partial charge in [-0.3, -0.25) is 9.59 Å². The van der Waals surface area contributed by atoms with E-state index in [1.54, 1.807) is 0 Å².